The van der Waals surface area contributed by atoms with Crippen molar-refractivity contribution in [1.29, 1.82) is 0 Å². The highest BCUT2D eigenvalue weighted by molar-refractivity contribution is 7.99. The zero-order chi connectivity index (χ0) is 21.8. The van der Waals surface area contributed by atoms with E-state index in [0.29, 0.717) is 16.0 Å². The zero-order valence-corrected chi connectivity index (χ0v) is 19.3. The minimum Gasteiger partial charge on any atom is -0.483 e. The average molecular weight is 445 g/mol. The third kappa shape index (κ3) is 5.34. The molecule has 0 saturated carbocycles. The number of amides is 1. The van der Waals surface area contributed by atoms with Crippen LogP contribution in [0.1, 0.15) is 35.5 Å². The van der Waals surface area contributed by atoms with Gasteiger partial charge in [0.05, 0.1) is 5.75 Å². The minimum atomic E-state index is -0.304. The number of carbonyl (C=O) groups is 1. The van der Waals surface area contributed by atoms with E-state index in [-0.39, 0.29) is 17.8 Å². The van der Waals surface area contributed by atoms with Gasteiger partial charge >= 0.3 is 0 Å². The molecule has 0 saturated heterocycles. The molecule has 8 heteroatoms. The summed E-state index contributed by atoms with van der Waals surface area (Å²) in [4.78, 5) is 12.4. The van der Waals surface area contributed by atoms with Gasteiger partial charge < -0.3 is 14.6 Å². The molecule has 0 aliphatic rings. The second-order valence-electron chi connectivity index (χ2n) is 7.23. The van der Waals surface area contributed by atoms with E-state index in [1.807, 2.05) is 75.7 Å². The van der Waals surface area contributed by atoms with Gasteiger partial charge in [0.25, 0.3) is 0 Å². The number of halogens is 1. The third-order valence-electron chi connectivity index (χ3n) is 4.67. The maximum absolute atomic E-state index is 12.4. The van der Waals surface area contributed by atoms with Gasteiger partial charge in [0.15, 0.2) is 17.1 Å². The summed E-state index contributed by atoms with van der Waals surface area (Å²) in [5.41, 5.74) is 3.92. The molecule has 1 atom stereocenters. The number of nitrogens with one attached hydrogen (secondary N) is 1. The van der Waals surface area contributed by atoms with Crippen LogP contribution < -0.4 is 10.1 Å². The first kappa shape index (κ1) is 22.2. The lowest BCUT2D eigenvalue weighted by atomic mass is 10.1. The zero-order valence-electron chi connectivity index (χ0n) is 17.7. The number of aromatic nitrogens is 3. The molecule has 0 spiro atoms. The van der Waals surface area contributed by atoms with Gasteiger partial charge in [-0.15, -0.1) is 10.2 Å². The molecule has 1 amide bonds. The van der Waals surface area contributed by atoms with E-state index in [4.69, 9.17) is 16.3 Å². The van der Waals surface area contributed by atoms with Crippen molar-refractivity contribution in [2.24, 2.45) is 7.05 Å². The largest absolute Gasteiger partial charge is 0.483 e. The SMILES string of the molecule is Cc1ccc(C)c(NC(=O)CSc2nnc(C(C)Oc3ccc(Cl)c(C)c3)n2C)c1. The Morgan fingerprint density at radius 1 is 1.17 bits per heavy atom. The monoisotopic (exact) mass is 444 g/mol. The highest BCUT2D eigenvalue weighted by Gasteiger charge is 2.18. The van der Waals surface area contributed by atoms with E-state index in [0.717, 1.165) is 28.1 Å². The molecule has 1 N–H and O–H groups in total. The normalized spacial score (nSPS) is 11.9. The molecule has 30 heavy (non-hydrogen) atoms. The number of anilines is 1. The Morgan fingerprint density at radius 3 is 2.67 bits per heavy atom. The molecule has 3 rings (SSSR count). The molecular weight excluding hydrogens is 420 g/mol. The van der Waals surface area contributed by atoms with Crippen molar-refractivity contribution in [3.63, 3.8) is 0 Å². The summed E-state index contributed by atoms with van der Waals surface area (Å²) in [5.74, 6) is 1.55. The summed E-state index contributed by atoms with van der Waals surface area (Å²) in [5, 5.41) is 12.8. The predicted octanol–water partition coefficient (Wildman–Crippen LogP) is 5.26. The van der Waals surface area contributed by atoms with Crippen LogP contribution in [0.5, 0.6) is 5.75 Å². The van der Waals surface area contributed by atoms with Gasteiger partial charge in [0.2, 0.25) is 5.91 Å². The van der Waals surface area contributed by atoms with Crippen LogP contribution in [0.2, 0.25) is 5.02 Å². The van der Waals surface area contributed by atoms with Gasteiger partial charge in [-0.05, 0) is 68.7 Å². The van der Waals surface area contributed by atoms with Crippen molar-refractivity contribution < 1.29 is 9.53 Å². The summed E-state index contributed by atoms with van der Waals surface area (Å²) in [6.07, 6.45) is -0.304. The van der Waals surface area contributed by atoms with E-state index in [1.54, 1.807) is 0 Å². The third-order valence-corrected chi connectivity index (χ3v) is 6.12. The predicted molar refractivity (Wildman–Crippen MR) is 122 cm³/mol. The topological polar surface area (TPSA) is 69.0 Å². The lowest BCUT2D eigenvalue weighted by molar-refractivity contribution is -0.113. The highest BCUT2D eigenvalue weighted by atomic mass is 35.5. The average Bonchev–Trinajstić information content (AvgIpc) is 3.06. The van der Waals surface area contributed by atoms with Crippen molar-refractivity contribution in [2.75, 3.05) is 11.1 Å². The van der Waals surface area contributed by atoms with Gasteiger partial charge in [-0.1, -0.05) is 35.5 Å². The van der Waals surface area contributed by atoms with Crippen LogP contribution in [0.4, 0.5) is 5.69 Å². The molecule has 1 heterocycles. The molecule has 1 aromatic heterocycles. The van der Waals surface area contributed by atoms with Crippen molar-refractivity contribution in [2.45, 2.75) is 39.0 Å². The number of aryl methyl sites for hydroxylation is 3. The Bertz CT molecular complexity index is 1070. The fourth-order valence-corrected chi connectivity index (χ4v) is 3.78. The number of hydrogen-bond donors (Lipinski definition) is 1. The maximum atomic E-state index is 12.4. The summed E-state index contributed by atoms with van der Waals surface area (Å²) < 4.78 is 7.84. The Balaban J connectivity index is 1.61. The molecule has 3 aromatic rings. The standard InChI is InChI=1S/C22H25ClN4O2S/c1-13-6-7-14(2)19(10-13)24-20(28)12-30-22-26-25-21(27(22)5)16(4)29-17-8-9-18(23)15(3)11-17/h6-11,16H,12H2,1-5H3,(H,24,28). The fourth-order valence-electron chi connectivity index (χ4n) is 2.94. The van der Waals surface area contributed by atoms with Gasteiger partial charge in [-0.2, -0.15) is 0 Å². The Kier molecular flexibility index (Phi) is 7.05. The molecule has 0 fully saturated rings. The minimum absolute atomic E-state index is 0.0841. The van der Waals surface area contributed by atoms with E-state index >= 15 is 0 Å². The van der Waals surface area contributed by atoms with Crippen molar-refractivity contribution >= 4 is 35.0 Å². The number of hydrogen-bond acceptors (Lipinski definition) is 5. The smallest absolute Gasteiger partial charge is 0.234 e. The summed E-state index contributed by atoms with van der Waals surface area (Å²) in [6.45, 7) is 7.82. The first-order valence-corrected chi connectivity index (χ1v) is 10.9. The summed E-state index contributed by atoms with van der Waals surface area (Å²) >= 11 is 7.41. The van der Waals surface area contributed by atoms with Crippen LogP contribution in [0, 0.1) is 20.8 Å². The molecule has 2 aromatic carbocycles. The van der Waals surface area contributed by atoms with E-state index in [1.165, 1.54) is 11.8 Å². The van der Waals surface area contributed by atoms with Crippen molar-refractivity contribution in [3.8, 4) is 5.75 Å². The van der Waals surface area contributed by atoms with E-state index in [9.17, 15) is 4.79 Å². The quantitative estimate of drug-likeness (QED) is 0.503. The molecule has 158 valence electrons. The Labute approximate surface area is 186 Å². The van der Waals surface area contributed by atoms with E-state index < -0.39 is 0 Å². The Hall–Kier alpha value is -2.51. The summed E-state index contributed by atoms with van der Waals surface area (Å²) in [7, 11) is 1.87. The number of ether oxygens (including phenoxy) is 1. The second kappa shape index (κ2) is 9.53. The van der Waals surface area contributed by atoms with Crippen LogP contribution in [0.3, 0.4) is 0 Å². The molecule has 0 aliphatic carbocycles. The first-order valence-electron chi connectivity index (χ1n) is 9.56. The van der Waals surface area contributed by atoms with Gasteiger partial charge in [-0.25, -0.2) is 0 Å². The lowest BCUT2D eigenvalue weighted by Gasteiger charge is -2.15. The lowest BCUT2D eigenvalue weighted by Crippen LogP contribution is -2.15. The molecule has 0 radical (unpaired) electrons. The van der Waals surface area contributed by atoms with Crippen LogP contribution in [-0.4, -0.2) is 26.4 Å². The number of carbonyl (C=O) groups excluding carboxylic acids is 1. The molecular formula is C22H25ClN4O2S. The summed E-state index contributed by atoms with van der Waals surface area (Å²) in [6, 6.07) is 11.5. The number of benzene rings is 2. The van der Waals surface area contributed by atoms with Crippen molar-refractivity contribution in [1.82, 2.24) is 14.8 Å². The maximum Gasteiger partial charge on any atom is 0.234 e. The van der Waals surface area contributed by atoms with E-state index in [2.05, 4.69) is 15.5 Å². The van der Waals surface area contributed by atoms with Gasteiger partial charge in [0, 0.05) is 17.8 Å². The van der Waals surface area contributed by atoms with Crippen molar-refractivity contribution in [3.05, 3.63) is 63.9 Å². The fraction of sp³-hybridized carbons (Fsp3) is 0.318. The number of rotatable bonds is 7. The number of nitrogens with zero attached hydrogens (tertiary/aromatic N) is 3. The highest BCUT2D eigenvalue weighted by Crippen LogP contribution is 2.27. The second-order valence-corrected chi connectivity index (χ2v) is 8.58. The first-order chi connectivity index (χ1) is 14.2. The van der Waals surface area contributed by atoms with Crippen LogP contribution >= 0.6 is 23.4 Å². The number of thioether (sulfide) groups is 1. The molecule has 0 bridgehead atoms. The molecule has 6 nitrogen and oxygen atoms in total. The van der Waals surface area contributed by atoms with Crippen LogP contribution in [-0.2, 0) is 11.8 Å². The molecule has 1 unspecified atom stereocenters. The molecule has 0 aliphatic heterocycles. The van der Waals surface area contributed by atoms with Gasteiger partial charge in [-0.3, -0.25) is 4.79 Å². The van der Waals surface area contributed by atoms with Crippen LogP contribution in [0.15, 0.2) is 41.6 Å². The van der Waals surface area contributed by atoms with Gasteiger partial charge in [0.1, 0.15) is 5.75 Å². The Morgan fingerprint density at radius 2 is 1.93 bits per heavy atom. The van der Waals surface area contributed by atoms with Crippen LogP contribution in [0.25, 0.3) is 0 Å².